The van der Waals surface area contributed by atoms with Crippen LogP contribution in [-0.4, -0.2) is 14.1 Å². The second-order valence-corrected chi connectivity index (χ2v) is 18.8. The van der Waals surface area contributed by atoms with Gasteiger partial charge in [0.05, 0.1) is 23.6 Å². The Morgan fingerprint density at radius 1 is 0.583 bits per heavy atom. The minimum atomic E-state index is -2.80. The summed E-state index contributed by atoms with van der Waals surface area (Å²) in [6.07, 6.45) is 5.48. The van der Waals surface area contributed by atoms with Crippen molar-refractivity contribution < 1.29 is 45.4 Å². The number of aryl methyl sites for hydroxylation is 2. The maximum Gasteiger partial charge on any atom is 0.268 e. The molecule has 0 aliphatic carbocycles. The zero-order valence-electron chi connectivity index (χ0n) is 50.2. The molecule has 0 atom stereocenters. The van der Waals surface area contributed by atoms with Gasteiger partial charge in [-0.05, 0) is 133 Å². The summed E-state index contributed by atoms with van der Waals surface area (Å²) in [4.78, 5) is 4.84. The molecule has 9 aromatic carbocycles. The molecule has 1 aliphatic heterocycles. The van der Waals surface area contributed by atoms with Gasteiger partial charge < -0.3 is 13.9 Å². The van der Waals surface area contributed by atoms with E-state index >= 15 is 0 Å². The number of rotatable bonds is 6. The molecular weight excluding hydrogens is 1060 g/mol. The monoisotopic (exact) mass is 1120 g/mol. The maximum atomic E-state index is 9.54. The number of hydrogen-bond acceptors (Lipinski definition) is 2. The Morgan fingerprint density at radius 3 is 1.97 bits per heavy atom. The van der Waals surface area contributed by atoms with E-state index in [1.165, 1.54) is 18.2 Å². The number of ether oxygens (including phenoxy) is 1. The Labute approximate surface area is 450 Å². The number of imidazole rings is 1. The first-order valence-electron chi connectivity index (χ1n) is 28.9. The van der Waals surface area contributed by atoms with E-state index in [1.54, 1.807) is 18.2 Å². The van der Waals surface area contributed by atoms with Crippen LogP contribution >= 0.6 is 0 Å². The number of pyridine rings is 1. The fourth-order valence-corrected chi connectivity index (χ4v) is 10.2. The van der Waals surface area contributed by atoms with Crippen LogP contribution in [0.3, 0.4) is 0 Å². The predicted octanol–water partition coefficient (Wildman–Crippen LogP) is 16.2. The molecule has 4 heterocycles. The molecule has 1 aliphatic rings. The van der Waals surface area contributed by atoms with Crippen LogP contribution in [-0.2, 0) is 26.5 Å². The number of hydrogen-bond donors (Lipinski definition) is 0. The van der Waals surface area contributed by atoms with Crippen molar-refractivity contribution >= 4 is 32.8 Å². The van der Waals surface area contributed by atoms with Crippen LogP contribution in [0.25, 0.3) is 106 Å². The van der Waals surface area contributed by atoms with E-state index in [0.717, 1.165) is 55.4 Å². The van der Waals surface area contributed by atoms with Crippen LogP contribution in [0.4, 0.5) is 0 Å². The van der Waals surface area contributed by atoms with Crippen molar-refractivity contribution in [1.82, 2.24) is 14.1 Å². The molecule has 0 radical (unpaired) electrons. The fraction of sp³-hybridized carbons (Fsp3) is 0.0909. The summed E-state index contributed by atoms with van der Waals surface area (Å²) in [6.45, 7) is 0.921. The van der Waals surface area contributed by atoms with Crippen molar-refractivity contribution in [2.75, 3.05) is 0 Å². The van der Waals surface area contributed by atoms with Gasteiger partial charge in [0.15, 0.2) is 0 Å². The Balaban J connectivity index is 0.00000680. The Kier molecular flexibility index (Phi) is 8.39. The number of benzene rings is 9. The van der Waals surface area contributed by atoms with Gasteiger partial charge in [-0.1, -0.05) is 160 Å². The third-order valence-electron chi connectivity index (χ3n) is 13.5. The molecule has 12 aromatic rings. The van der Waals surface area contributed by atoms with Crippen LogP contribution in [0.15, 0.2) is 200 Å². The van der Waals surface area contributed by atoms with Gasteiger partial charge in [-0.25, -0.2) is 4.98 Å². The van der Waals surface area contributed by atoms with E-state index in [9.17, 15) is 2.74 Å². The maximum absolute atomic E-state index is 9.54. The van der Waals surface area contributed by atoms with Crippen LogP contribution < -0.4 is 9.30 Å². The Bertz CT molecular complexity index is 4590. The molecule has 3 aromatic heterocycles. The first kappa shape index (κ1) is 34.3. The summed E-state index contributed by atoms with van der Waals surface area (Å²) in [6, 6.07) is 55.0. The van der Waals surface area contributed by atoms with Gasteiger partial charge in [0.2, 0.25) is 0 Å². The summed E-state index contributed by atoms with van der Waals surface area (Å²) < 4.78 is 111. The predicted molar refractivity (Wildman–Crippen MR) is 289 cm³/mol. The van der Waals surface area contributed by atoms with Crippen molar-refractivity contribution in [2.24, 2.45) is 0 Å². The molecule has 0 bridgehead atoms. The van der Waals surface area contributed by atoms with Crippen LogP contribution in [0, 0.1) is 32.2 Å². The van der Waals surface area contributed by atoms with Crippen molar-refractivity contribution in [2.45, 2.75) is 39.9 Å². The van der Waals surface area contributed by atoms with Gasteiger partial charge in [0, 0.05) is 52.5 Å². The SMILES string of the molecule is [2H]c1c([2H])c([2H])c(-c2cc(-c3c(C([2H])([2H])[2H])cccc3C([2H])([2H])[2H])cc3c2-[n+]2[c-]n(-c4[c-]c(Oc5[c-]c6c(cc5)c5ccccc5n6-c5cc(C(C)(C)C)ccn5)ccc4)c4cccc(c42)-c2ccccc2-c2ccccc2-3)c([2H])c1[2H].[Pt]. The summed E-state index contributed by atoms with van der Waals surface area (Å²) >= 11 is 0. The average molecular weight is 1120 g/mol. The third-order valence-corrected chi connectivity index (χ3v) is 13.5. The number of fused-ring (bicyclic) bond motifs is 10. The standard InChI is InChI=1S/C66H48N4O.Pt/c1-42-18-15-19-43(2)63(42)45-36-57(44-20-7-6-8-21-44)64-58(37-45)53-27-12-10-25-51(53)50-24-9-11-26-52(50)56-29-17-31-60-65(56)69(64)41-68(60)47-22-16-23-48(39-47)71-49-32-33-55-54-28-13-14-30-59(54)70(61(55)40-49)62-38-46(34-35-67-62)66(3,4)5;/h6-38H,1-5H3;/q-2;/i1D3,2D3,6D,7D,8D,20D,21D;. The second-order valence-electron chi connectivity index (χ2n) is 18.8. The zero-order valence-corrected chi connectivity index (χ0v) is 41.5. The van der Waals surface area contributed by atoms with Gasteiger partial charge in [-0.3, -0.25) is 4.57 Å². The first-order valence-corrected chi connectivity index (χ1v) is 23.4. The summed E-state index contributed by atoms with van der Waals surface area (Å²) in [5.41, 5.74) is 8.68. The molecule has 0 amide bonds. The van der Waals surface area contributed by atoms with Gasteiger partial charge in [-0.15, -0.1) is 29.7 Å². The van der Waals surface area contributed by atoms with Crippen molar-refractivity contribution in [3.63, 3.8) is 0 Å². The molecule has 6 heteroatoms. The van der Waals surface area contributed by atoms with Crippen LogP contribution in [0.2, 0.25) is 0 Å². The Hall–Kier alpha value is -8.11. The molecular formula is C66H48N4OPt-2. The fourth-order valence-electron chi connectivity index (χ4n) is 10.2. The molecule has 0 saturated heterocycles. The normalized spacial score (nSPS) is 14.4. The van der Waals surface area contributed by atoms with Crippen molar-refractivity contribution in [3.05, 3.63) is 235 Å². The van der Waals surface area contributed by atoms with E-state index in [1.807, 2.05) is 125 Å². The van der Waals surface area contributed by atoms with Gasteiger partial charge >= 0.3 is 0 Å². The molecule has 0 N–H and O–H groups in total. The molecule has 72 heavy (non-hydrogen) atoms. The molecule has 5 nitrogen and oxygen atoms in total. The molecule has 0 spiro atoms. The van der Waals surface area contributed by atoms with E-state index < -0.39 is 43.9 Å². The van der Waals surface area contributed by atoms with Gasteiger partial charge in [-0.2, -0.15) is 18.2 Å². The second kappa shape index (κ2) is 17.6. The topological polar surface area (TPSA) is 35.9 Å². The van der Waals surface area contributed by atoms with Gasteiger partial charge in [0.1, 0.15) is 5.82 Å². The number of para-hydroxylation sites is 2. The first-order chi connectivity index (χ1) is 39.2. The third kappa shape index (κ3) is 7.42. The van der Waals surface area contributed by atoms with E-state index in [-0.39, 0.29) is 59.9 Å². The smallest absolute Gasteiger partial charge is 0.268 e. The molecule has 350 valence electrons. The number of aromatic nitrogens is 4. The van der Waals surface area contributed by atoms with Crippen LogP contribution in [0.5, 0.6) is 11.5 Å². The average Bonchev–Trinajstić information content (AvgIpc) is 1.96. The van der Waals surface area contributed by atoms with Crippen LogP contribution in [0.1, 0.15) is 52.5 Å². The molecule has 0 unspecified atom stereocenters. The largest absolute Gasteiger partial charge is 0.510 e. The zero-order chi connectivity index (χ0) is 57.3. The minimum Gasteiger partial charge on any atom is -0.510 e. The number of nitrogens with zero attached hydrogens (tertiary/aromatic N) is 4. The van der Waals surface area contributed by atoms with E-state index in [2.05, 4.69) is 62.0 Å². The van der Waals surface area contributed by atoms with Crippen molar-refractivity contribution in [1.29, 1.82) is 0 Å². The summed E-state index contributed by atoms with van der Waals surface area (Å²) in [7, 11) is 0. The summed E-state index contributed by atoms with van der Waals surface area (Å²) in [5, 5.41) is 2.02. The molecule has 0 saturated carbocycles. The quantitative estimate of drug-likeness (QED) is 0.123. The van der Waals surface area contributed by atoms with Gasteiger partial charge in [0.25, 0.3) is 6.33 Å². The summed E-state index contributed by atoms with van der Waals surface area (Å²) in [5.74, 6) is 1.55. The Morgan fingerprint density at radius 2 is 1.22 bits per heavy atom. The van der Waals surface area contributed by atoms with E-state index in [4.69, 9.17) is 22.1 Å². The molecule has 0 fully saturated rings. The molecule has 13 rings (SSSR count). The van der Waals surface area contributed by atoms with E-state index in [0.29, 0.717) is 45.0 Å². The van der Waals surface area contributed by atoms with Crippen molar-refractivity contribution in [3.8, 4) is 84.3 Å². The minimum absolute atomic E-state index is 0.